The number of aryl methyl sites for hydroxylation is 2. The van der Waals surface area contributed by atoms with Crippen LogP contribution in [0.3, 0.4) is 0 Å². The van der Waals surface area contributed by atoms with Crippen molar-refractivity contribution in [2.75, 3.05) is 44.2 Å². The minimum Gasteiger partial charge on any atom is -0.355 e. The lowest BCUT2D eigenvalue weighted by Crippen LogP contribution is -2.39. The van der Waals surface area contributed by atoms with Crippen LogP contribution < -0.4 is 10.2 Å². The maximum absolute atomic E-state index is 12.1. The molecule has 164 valence electrons. The maximum atomic E-state index is 12.1. The summed E-state index contributed by atoms with van der Waals surface area (Å²) in [7, 11) is 0. The first-order valence-electron chi connectivity index (χ1n) is 11.1. The second-order valence-electron chi connectivity index (χ2n) is 8.25. The van der Waals surface area contributed by atoms with Crippen molar-refractivity contribution in [2.24, 2.45) is 0 Å². The fraction of sp³-hybridized carbons (Fsp3) is 0.417. The topological polar surface area (TPSA) is 74.2 Å². The largest absolute Gasteiger partial charge is 0.355 e. The van der Waals surface area contributed by atoms with Gasteiger partial charge in [-0.1, -0.05) is 5.92 Å². The summed E-state index contributed by atoms with van der Waals surface area (Å²) < 4.78 is 0. The molecule has 4 heterocycles. The zero-order valence-corrected chi connectivity index (χ0v) is 18.8. The molecular formula is C24H26N6OS. The molecular weight excluding hydrogens is 420 g/mol. The molecule has 0 aromatic carbocycles. The number of nitrogens with zero attached hydrogens (tertiary/aromatic N) is 5. The number of pyridine rings is 1. The van der Waals surface area contributed by atoms with Gasteiger partial charge in [0.1, 0.15) is 10.6 Å². The molecule has 0 bridgehead atoms. The Labute approximate surface area is 191 Å². The van der Waals surface area contributed by atoms with Gasteiger partial charge in [0.15, 0.2) is 5.82 Å². The smallest absolute Gasteiger partial charge is 0.234 e. The summed E-state index contributed by atoms with van der Waals surface area (Å²) >= 11 is 1.82. The van der Waals surface area contributed by atoms with E-state index in [1.165, 1.54) is 22.2 Å². The zero-order chi connectivity index (χ0) is 21.9. The van der Waals surface area contributed by atoms with Gasteiger partial charge in [0, 0.05) is 49.0 Å². The van der Waals surface area contributed by atoms with Gasteiger partial charge in [-0.3, -0.25) is 14.7 Å². The van der Waals surface area contributed by atoms with Crippen molar-refractivity contribution in [2.45, 2.75) is 25.7 Å². The number of aromatic nitrogens is 3. The third kappa shape index (κ3) is 4.18. The van der Waals surface area contributed by atoms with Crippen LogP contribution in [0, 0.1) is 12.3 Å². The van der Waals surface area contributed by atoms with Crippen molar-refractivity contribution in [1.29, 1.82) is 0 Å². The molecule has 7 nitrogen and oxygen atoms in total. The van der Waals surface area contributed by atoms with Gasteiger partial charge in [0.2, 0.25) is 5.91 Å². The average Bonchev–Trinajstić information content (AvgIpc) is 3.32. The number of nitrogens with one attached hydrogen (secondary N) is 1. The molecule has 0 spiro atoms. The van der Waals surface area contributed by atoms with Crippen molar-refractivity contribution in [3.05, 3.63) is 35.0 Å². The van der Waals surface area contributed by atoms with Crippen LogP contribution >= 0.6 is 11.3 Å². The highest BCUT2D eigenvalue weighted by molar-refractivity contribution is 7.19. The fourth-order valence-corrected chi connectivity index (χ4v) is 5.83. The van der Waals surface area contributed by atoms with Crippen LogP contribution in [-0.2, 0) is 17.6 Å². The van der Waals surface area contributed by atoms with Gasteiger partial charge in [-0.2, -0.15) is 0 Å². The highest BCUT2D eigenvalue weighted by Gasteiger charge is 2.26. The minimum atomic E-state index is -0.0182. The van der Waals surface area contributed by atoms with Gasteiger partial charge < -0.3 is 10.2 Å². The second-order valence-corrected chi connectivity index (χ2v) is 9.33. The van der Waals surface area contributed by atoms with Gasteiger partial charge in [0.25, 0.3) is 0 Å². The van der Waals surface area contributed by atoms with E-state index in [0.717, 1.165) is 67.5 Å². The van der Waals surface area contributed by atoms with E-state index < -0.39 is 0 Å². The Morgan fingerprint density at radius 3 is 2.97 bits per heavy atom. The van der Waals surface area contributed by atoms with E-state index in [4.69, 9.17) is 16.4 Å². The number of amides is 1. The van der Waals surface area contributed by atoms with E-state index in [2.05, 4.69) is 26.0 Å². The van der Waals surface area contributed by atoms with Crippen LogP contribution in [0.25, 0.3) is 21.6 Å². The van der Waals surface area contributed by atoms with E-state index in [9.17, 15) is 4.79 Å². The summed E-state index contributed by atoms with van der Waals surface area (Å²) in [5.74, 6) is 4.20. The van der Waals surface area contributed by atoms with E-state index in [1.807, 2.05) is 29.7 Å². The number of carbonyl (C=O) groups is 1. The molecule has 0 radical (unpaired) electrons. The molecule has 1 aliphatic heterocycles. The van der Waals surface area contributed by atoms with Crippen molar-refractivity contribution < 1.29 is 4.79 Å². The normalized spacial score (nSPS) is 16.5. The molecule has 8 heteroatoms. The third-order valence-corrected chi connectivity index (χ3v) is 7.29. The first kappa shape index (κ1) is 20.9. The van der Waals surface area contributed by atoms with Gasteiger partial charge in [0.05, 0.1) is 18.5 Å². The quantitative estimate of drug-likeness (QED) is 0.607. The zero-order valence-electron chi connectivity index (χ0n) is 18.0. The molecule has 1 aliphatic carbocycles. The Balaban J connectivity index is 1.45. The number of terminal acetylenes is 1. The van der Waals surface area contributed by atoms with Crippen molar-refractivity contribution in [1.82, 2.24) is 25.2 Å². The van der Waals surface area contributed by atoms with Gasteiger partial charge >= 0.3 is 0 Å². The Hall–Kier alpha value is -3.02. The predicted molar refractivity (Wildman–Crippen MR) is 128 cm³/mol. The predicted octanol–water partition coefficient (Wildman–Crippen LogP) is 2.50. The van der Waals surface area contributed by atoms with Crippen LogP contribution in [0.4, 0.5) is 5.82 Å². The van der Waals surface area contributed by atoms with Gasteiger partial charge in [-0.05, 0) is 43.4 Å². The molecule has 1 fully saturated rings. The van der Waals surface area contributed by atoms with E-state index >= 15 is 0 Å². The Kier molecular flexibility index (Phi) is 6.02. The SMILES string of the molecule is C#CCNC(=O)CN1CCCN(c2nc(-c3cccnc3)nc3sc4c(c23)CCC4)CC1. The molecule has 1 N–H and O–H groups in total. The monoisotopic (exact) mass is 446 g/mol. The summed E-state index contributed by atoms with van der Waals surface area (Å²) in [6, 6.07) is 3.93. The fourth-order valence-electron chi connectivity index (χ4n) is 4.58. The number of carbonyl (C=O) groups excluding carboxylic acids is 1. The molecule has 3 aromatic heterocycles. The van der Waals surface area contributed by atoms with Crippen LogP contribution in [0.15, 0.2) is 24.5 Å². The van der Waals surface area contributed by atoms with Crippen molar-refractivity contribution in [3.63, 3.8) is 0 Å². The number of hydrogen-bond acceptors (Lipinski definition) is 7. The van der Waals surface area contributed by atoms with Crippen LogP contribution in [0.1, 0.15) is 23.3 Å². The number of thiophene rings is 1. The van der Waals surface area contributed by atoms with Gasteiger partial charge in [-0.15, -0.1) is 17.8 Å². The summed E-state index contributed by atoms with van der Waals surface area (Å²) in [4.78, 5) is 33.5. The second kappa shape index (κ2) is 9.23. The van der Waals surface area contributed by atoms with E-state index in [0.29, 0.717) is 6.54 Å². The molecule has 2 aliphatic rings. The molecule has 1 saturated heterocycles. The number of fused-ring (bicyclic) bond motifs is 3. The number of hydrogen-bond donors (Lipinski definition) is 1. The third-order valence-electron chi connectivity index (χ3n) is 6.11. The molecule has 0 saturated carbocycles. The van der Waals surface area contributed by atoms with Crippen molar-refractivity contribution >= 4 is 33.3 Å². The summed E-state index contributed by atoms with van der Waals surface area (Å²) in [6.45, 7) is 4.08. The molecule has 0 unspecified atom stereocenters. The summed E-state index contributed by atoms with van der Waals surface area (Å²) in [5, 5.41) is 3.99. The molecule has 3 aromatic rings. The summed E-state index contributed by atoms with van der Waals surface area (Å²) in [5.41, 5.74) is 2.37. The molecule has 1 amide bonds. The van der Waals surface area contributed by atoms with E-state index in [1.54, 1.807) is 6.20 Å². The van der Waals surface area contributed by atoms with Crippen LogP contribution in [-0.4, -0.2) is 65.0 Å². The lowest BCUT2D eigenvalue weighted by Gasteiger charge is -2.24. The Morgan fingerprint density at radius 2 is 2.12 bits per heavy atom. The lowest BCUT2D eigenvalue weighted by atomic mass is 10.1. The maximum Gasteiger partial charge on any atom is 0.234 e. The van der Waals surface area contributed by atoms with Crippen LogP contribution in [0.5, 0.6) is 0 Å². The summed E-state index contributed by atoms with van der Waals surface area (Å²) in [6.07, 6.45) is 13.3. The highest BCUT2D eigenvalue weighted by Crippen LogP contribution is 2.41. The highest BCUT2D eigenvalue weighted by atomic mass is 32.1. The number of rotatable bonds is 5. The Morgan fingerprint density at radius 1 is 1.19 bits per heavy atom. The Bertz CT molecular complexity index is 1170. The minimum absolute atomic E-state index is 0.0182. The molecule has 5 rings (SSSR count). The first-order valence-corrected chi connectivity index (χ1v) is 11.9. The van der Waals surface area contributed by atoms with Crippen LogP contribution in [0.2, 0.25) is 0 Å². The van der Waals surface area contributed by atoms with E-state index in [-0.39, 0.29) is 12.5 Å². The number of anilines is 1. The molecule has 0 atom stereocenters. The average molecular weight is 447 g/mol. The standard InChI is InChI=1S/C24H26N6OS/c1-2-9-26-20(31)16-29-11-5-12-30(14-13-29)23-21-18-7-3-8-19(18)32-24(21)28-22(27-23)17-6-4-10-25-15-17/h1,4,6,10,15H,3,5,7-9,11-14,16H2,(H,26,31). The van der Waals surface area contributed by atoms with Crippen molar-refractivity contribution in [3.8, 4) is 23.7 Å². The lowest BCUT2D eigenvalue weighted by molar-refractivity contribution is -0.121. The molecule has 32 heavy (non-hydrogen) atoms. The van der Waals surface area contributed by atoms with Gasteiger partial charge in [-0.25, -0.2) is 9.97 Å². The first-order chi connectivity index (χ1) is 15.7.